The van der Waals surface area contributed by atoms with Crippen molar-refractivity contribution in [2.75, 3.05) is 12.5 Å². The van der Waals surface area contributed by atoms with Crippen molar-refractivity contribution in [3.05, 3.63) is 34.9 Å². The number of halogens is 1. The molecule has 100 valence electrons. The van der Waals surface area contributed by atoms with Crippen LogP contribution in [0.15, 0.2) is 34.9 Å². The number of ether oxygens (including phenoxy) is 2. The molecule has 0 amide bonds. The molecule has 0 bridgehead atoms. The number of nitrogen functional groups attached to an aromatic ring is 1. The monoisotopic (exact) mass is 332 g/mol. The third-order valence-corrected chi connectivity index (χ3v) is 3.56. The van der Waals surface area contributed by atoms with E-state index in [2.05, 4.69) is 26.1 Å². The highest BCUT2D eigenvalue weighted by molar-refractivity contribution is 9.10. The highest BCUT2D eigenvalue weighted by Crippen LogP contribution is 2.35. The van der Waals surface area contributed by atoms with E-state index in [0.29, 0.717) is 22.9 Å². The lowest BCUT2D eigenvalue weighted by atomic mass is 10.2. The molecule has 2 aromatic heterocycles. The van der Waals surface area contributed by atoms with E-state index in [1.165, 1.54) is 0 Å². The fourth-order valence-corrected chi connectivity index (χ4v) is 2.67. The molecule has 1 aromatic carbocycles. The maximum atomic E-state index is 5.94. The first kappa shape index (κ1) is 11.5. The van der Waals surface area contributed by atoms with Gasteiger partial charge in [-0.1, -0.05) is 0 Å². The van der Waals surface area contributed by atoms with Gasteiger partial charge in [0.25, 0.3) is 0 Å². The van der Waals surface area contributed by atoms with Crippen molar-refractivity contribution < 1.29 is 9.47 Å². The summed E-state index contributed by atoms with van der Waals surface area (Å²) >= 11 is 3.42. The van der Waals surface area contributed by atoms with Crippen LogP contribution in [0.3, 0.4) is 0 Å². The first-order valence-corrected chi connectivity index (χ1v) is 6.71. The summed E-state index contributed by atoms with van der Waals surface area (Å²) in [6, 6.07) is 7.46. The first-order valence-electron chi connectivity index (χ1n) is 5.92. The fourth-order valence-electron chi connectivity index (χ4n) is 2.22. The second-order valence-corrected chi connectivity index (χ2v) is 5.31. The van der Waals surface area contributed by atoms with E-state index in [0.717, 1.165) is 15.8 Å². The van der Waals surface area contributed by atoms with E-state index in [1.54, 1.807) is 6.07 Å². The molecule has 0 atom stereocenters. The molecule has 2 N–H and O–H groups in total. The smallest absolute Gasteiger partial charge is 0.231 e. The Balaban J connectivity index is 1.94. The average molecular weight is 333 g/mol. The van der Waals surface area contributed by atoms with Crippen LogP contribution in [-0.4, -0.2) is 21.4 Å². The van der Waals surface area contributed by atoms with E-state index in [4.69, 9.17) is 15.2 Å². The van der Waals surface area contributed by atoms with E-state index in [1.807, 2.05) is 28.8 Å². The lowest BCUT2D eigenvalue weighted by molar-refractivity contribution is 0.174. The van der Waals surface area contributed by atoms with Crippen LogP contribution in [0.25, 0.3) is 17.0 Å². The molecule has 4 rings (SSSR count). The van der Waals surface area contributed by atoms with Gasteiger partial charge in [-0.2, -0.15) is 0 Å². The number of hydrogen-bond acceptors (Lipinski definition) is 5. The van der Waals surface area contributed by atoms with E-state index in [-0.39, 0.29) is 6.79 Å². The number of nitrogens with two attached hydrogens (primary N) is 1. The van der Waals surface area contributed by atoms with Crippen LogP contribution in [0.5, 0.6) is 11.5 Å². The van der Waals surface area contributed by atoms with Crippen molar-refractivity contribution in [1.82, 2.24) is 14.6 Å². The minimum Gasteiger partial charge on any atom is -0.454 e. The van der Waals surface area contributed by atoms with Crippen LogP contribution >= 0.6 is 15.9 Å². The van der Waals surface area contributed by atoms with Crippen LogP contribution < -0.4 is 15.2 Å². The minimum atomic E-state index is 0.248. The largest absolute Gasteiger partial charge is 0.454 e. The fraction of sp³-hybridized carbons (Fsp3) is 0.0769. The van der Waals surface area contributed by atoms with Crippen molar-refractivity contribution in [3.63, 3.8) is 0 Å². The summed E-state index contributed by atoms with van der Waals surface area (Å²) in [5.74, 6) is 2.15. The quantitative estimate of drug-likeness (QED) is 0.740. The maximum absolute atomic E-state index is 5.94. The Hall–Kier alpha value is -2.28. The number of benzene rings is 1. The van der Waals surface area contributed by atoms with Crippen LogP contribution in [0, 0.1) is 0 Å². The highest BCUT2D eigenvalue weighted by Gasteiger charge is 2.17. The molecule has 0 aliphatic carbocycles. The summed E-state index contributed by atoms with van der Waals surface area (Å²) in [6.45, 7) is 0.248. The highest BCUT2D eigenvalue weighted by atomic mass is 79.9. The zero-order valence-electron chi connectivity index (χ0n) is 10.2. The zero-order valence-corrected chi connectivity index (χ0v) is 11.8. The van der Waals surface area contributed by atoms with Crippen molar-refractivity contribution >= 4 is 27.3 Å². The Kier molecular flexibility index (Phi) is 2.37. The molecule has 1 aliphatic rings. The Morgan fingerprint density at radius 3 is 2.90 bits per heavy atom. The van der Waals surface area contributed by atoms with Gasteiger partial charge in [0.05, 0.1) is 5.69 Å². The number of pyridine rings is 1. The van der Waals surface area contributed by atoms with E-state index >= 15 is 0 Å². The Morgan fingerprint density at radius 1 is 1.15 bits per heavy atom. The van der Waals surface area contributed by atoms with Crippen LogP contribution in [0.1, 0.15) is 0 Å². The van der Waals surface area contributed by atoms with E-state index in [9.17, 15) is 0 Å². The number of anilines is 1. The van der Waals surface area contributed by atoms with Crippen molar-refractivity contribution in [3.8, 4) is 22.9 Å². The SMILES string of the molecule is Nc1cc(Br)cn2c(-c3ccc4c(c3)OCO4)nnc12. The molecule has 0 fully saturated rings. The van der Waals surface area contributed by atoms with Gasteiger partial charge in [0.2, 0.25) is 6.79 Å². The molecule has 6 nitrogen and oxygen atoms in total. The summed E-state index contributed by atoms with van der Waals surface area (Å²) in [6.07, 6.45) is 1.88. The third kappa shape index (κ3) is 1.63. The molecule has 0 spiro atoms. The van der Waals surface area contributed by atoms with Crippen molar-refractivity contribution in [2.24, 2.45) is 0 Å². The lowest BCUT2D eigenvalue weighted by Crippen LogP contribution is -1.94. The van der Waals surface area contributed by atoms with Crippen LogP contribution in [0.2, 0.25) is 0 Å². The van der Waals surface area contributed by atoms with Crippen LogP contribution in [0.4, 0.5) is 5.69 Å². The van der Waals surface area contributed by atoms with Gasteiger partial charge in [0, 0.05) is 16.2 Å². The molecule has 20 heavy (non-hydrogen) atoms. The van der Waals surface area contributed by atoms with Gasteiger partial charge in [-0.15, -0.1) is 10.2 Å². The summed E-state index contributed by atoms with van der Waals surface area (Å²) in [5.41, 5.74) is 8.02. The number of nitrogens with zero attached hydrogens (tertiary/aromatic N) is 3. The lowest BCUT2D eigenvalue weighted by Gasteiger charge is -2.03. The van der Waals surface area contributed by atoms with Gasteiger partial charge in [-0.25, -0.2) is 0 Å². The summed E-state index contributed by atoms with van der Waals surface area (Å²) in [7, 11) is 0. The number of fused-ring (bicyclic) bond motifs is 2. The molecule has 3 heterocycles. The molecule has 7 heteroatoms. The second-order valence-electron chi connectivity index (χ2n) is 4.40. The first-order chi connectivity index (χ1) is 9.72. The predicted octanol–water partition coefficient (Wildman–Crippen LogP) is 2.47. The second kappa shape index (κ2) is 4.11. The Labute approximate surface area is 122 Å². The van der Waals surface area contributed by atoms with Crippen molar-refractivity contribution in [2.45, 2.75) is 0 Å². The molecular formula is C13H9BrN4O2. The Bertz CT molecular complexity index is 831. The number of rotatable bonds is 1. The van der Waals surface area contributed by atoms with Gasteiger partial charge in [-0.3, -0.25) is 4.40 Å². The molecule has 1 aliphatic heterocycles. The predicted molar refractivity (Wildman–Crippen MR) is 76.7 cm³/mol. The maximum Gasteiger partial charge on any atom is 0.231 e. The van der Waals surface area contributed by atoms with Gasteiger partial charge in [-0.05, 0) is 40.2 Å². The van der Waals surface area contributed by atoms with Gasteiger partial charge >= 0.3 is 0 Å². The minimum absolute atomic E-state index is 0.248. The molecule has 3 aromatic rings. The molecular weight excluding hydrogens is 324 g/mol. The number of aromatic nitrogens is 3. The van der Waals surface area contributed by atoms with Gasteiger partial charge < -0.3 is 15.2 Å². The normalized spacial score (nSPS) is 13.1. The van der Waals surface area contributed by atoms with Crippen molar-refractivity contribution in [1.29, 1.82) is 0 Å². The topological polar surface area (TPSA) is 74.7 Å². The zero-order chi connectivity index (χ0) is 13.7. The molecule has 0 radical (unpaired) electrons. The average Bonchev–Trinajstić information content (AvgIpc) is 3.03. The summed E-state index contributed by atoms with van der Waals surface area (Å²) < 4.78 is 13.4. The van der Waals surface area contributed by atoms with Crippen LogP contribution in [-0.2, 0) is 0 Å². The van der Waals surface area contributed by atoms with Gasteiger partial charge in [0.1, 0.15) is 0 Å². The third-order valence-electron chi connectivity index (χ3n) is 3.13. The molecule has 0 saturated carbocycles. The Morgan fingerprint density at radius 2 is 2.00 bits per heavy atom. The number of hydrogen-bond donors (Lipinski definition) is 1. The molecule has 0 saturated heterocycles. The summed E-state index contributed by atoms with van der Waals surface area (Å²) in [4.78, 5) is 0. The molecule has 0 unspecified atom stereocenters. The summed E-state index contributed by atoms with van der Waals surface area (Å²) in [5, 5.41) is 8.33. The standard InChI is InChI=1S/C13H9BrN4O2/c14-8-4-9(15)13-17-16-12(18(13)5-8)7-1-2-10-11(3-7)20-6-19-10/h1-5H,6,15H2. The van der Waals surface area contributed by atoms with E-state index < -0.39 is 0 Å². The van der Waals surface area contributed by atoms with Gasteiger partial charge in [0.15, 0.2) is 23.0 Å².